The van der Waals surface area contributed by atoms with Crippen LogP contribution in [0.5, 0.6) is 0 Å². The fourth-order valence-electron chi connectivity index (χ4n) is 3.71. The van der Waals surface area contributed by atoms with E-state index in [1.165, 1.54) is 7.11 Å². The summed E-state index contributed by atoms with van der Waals surface area (Å²) in [5.74, 6) is 0.580. The van der Waals surface area contributed by atoms with Crippen molar-refractivity contribution in [3.63, 3.8) is 0 Å². The third kappa shape index (κ3) is 4.75. The van der Waals surface area contributed by atoms with Crippen molar-refractivity contribution in [2.45, 2.75) is 19.4 Å². The zero-order valence-corrected chi connectivity index (χ0v) is 15.7. The lowest BCUT2D eigenvalue weighted by Gasteiger charge is -2.36. The maximum absolute atomic E-state index is 12.3. The van der Waals surface area contributed by atoms with Gasteiger partial charge in [0.2, 0.25) is 5.91 Å². The Bertz CT molecular complexity index is 551. The van der Waals surface area contributed by atoms with E-state index in [2.05, 4.69) is 9.80 Å². The highest BCUT2D eigenvalue weighted by Crippen LogP contribution is 2.26. The normalized spacial score (nSPS) is 25.3. The fourth-order valence-corrected chi connectivity index (χ4v) is 3.71. The fraction of sp³-hybridized carbons (Fsp3) is 0.778. The molecule has 1 amide bonds. The minimum absolute atomic E-state index is 0.00521. The van der Waals surface area contributed by atoms with Crippen LogP contribution >= 0.6 is 0 Å². The second-order valence-corrected chi connectivity index (χ2v) is 7.04. The highest BCUT2D eigenvalue weighted by Gasteiger charge is 2.31. The van der Waals surface area contributed by atoms with Crippen LogP contribution in [0, 0.1) is 0 Å². The third-order valence-electron chi connectivity index (χ3n) is 5.28. The number of amides is 1. The van der Waals surface area contributed by atoms with Gasteiger partial charge in [0.15, 0.2) is 0 Å². The van der Waals surface area contributed by atoms with Crippen LogP contribution in [0.2, 0.25) is 0 Å². The molecule has 0 N–H and O–H groups in total. The number of piperazine rings is 1. The third-order valence-corrected chi connectivity index (χ3v) is 5.28. The Kier molecular flexibility index (Phi) is 6.50. The van der Waals surface area contributed by atoms with E-state index in [1.807, 2.05) is 11.8 Å². The molecule has 2 saturated heterocycles. The molecule has 146 valence electrons. The first-order valence-electron chi connectivity index (χ1n) is 9.31. The van der Waals surface area contributed by atoms with Gasteiger partial charge >= 0.3 is 5.97 Å². The molecule has 3 aliphatic rings. The molecule has 0 aromatic rings. The van der Waals surface area contributed by atoms with Crippen molar-refractivity contribution in [2.75, 3.05) is 72.7 Å². The Morgan fingerprint density at radius 3 is 2.38 bits per heavy atom. The van der Waals surface area contributed by atoms with Crippen LogP contribution in [0.15, 0.2) is 11.3 Å². The Hall–Kier alpha value is -1.64. The van der Waals surface area contributed by atoms with E-state index in [1.54, 1.807) is 0 Å². The minimum Gasteiger partial charge on any atom is -0.493 e. The number of allylic oxidation sites excluding steroid dienone is 1. The quantitative estimate of drug-likeness (QED) is 0.618. The van der Waals surface area contributed by atoms with Crippen molar-refractivity contribution in [3.05, 3.63) is 11.3 Å². The molecular formula is C18H29N3O5. The van der Waals surface area contributed by atoms with Crippen molar-refractivity contribution in [3.8, 4) is 0 Å². The molecule has 8 nitrogen and oxygen atoms in total. The SMILES string of the molecule is COC(=O)C1=C(C)O[C@@H](CN2CCN(CC(=O)N3CCOCC3)CC2)C1. The van der Waals surface area contributed by atoms with Crippen molar-refractivity contribution < 1.29 is 23.8 Å². The van der Waals surface area contributed by atoms with Crippen LogP contribution in [0.4, 0.5) is 0 Å². The number of hydrogen-bond acceptors (Lipinski definition) is 7. The molecule has 8 heteroatoms. The van der Waals surface area contributed by atoms with Gasteiger partial charge in [0.25, 0.3) is 0 Å². The van der Waals surface area contributed by atoms with Gasteiger partial charge in [-0.1, -0.05) is 0 Å². The molecule has 2 fully saturated rings. The molecule has 0 bridgehead atoms. The Labute approximate surface area is 154 Å². The van der Waals surface area contributed by atoms with E-state index < -0.39 is 0 Å². The molecule has 0 radical (unpaired) electrons. The van der Waals surface area contributed by atoms with Gasteiger partial charge in [-0.25, -0.2) is 4.79 Å². The van der Waals surface area contributed by atoms with Crippen molar-refractivity contribution in [1.29, 1.82) is 0 Å². The monoisotopic (exact) mass is 367 g/mol. The number of carbonyl (C=O) groups is 2. The van der Waals surface area contributed by atoms with Crippen molar-refractivity contribution in [1.82, 2.24) is 14.7 Å². The molecule has 0 aliphatic carbocycles. The van der Waals surface area contributed by atoms with E-state index in [0.717, 1.165) is 32.7 Å². The Balaban J connectivity index is 1.38. The Morgan fingerprint density at radius 1 is 1.08 bits per heavy atom. The predicted molar refractivity (Wildman–Crippen MR) is 94.5 cm³/mol. The van der Waals surface area contributed by atoms with E-state index in [9.17, 15) is 9.59 Å². The average molecular weight is 367 g/mol. The highest BCUT2D eigenvalue weighted by molar-refractivity contribution is 5.89. The topological polar surface area (TPSA) is 71.6 Å². The van der Waals surface area contributed by atoms with Gasteiger partial charge in [0.05, 0.1) is 32.4 Å². The number of methoxy groups -OCH3 is 1. The molecule has 3 rings (SSSR count). The summed E-state index contributed by atoms with van der Waals surface area (Å²) in [5.41, 5.74) is 0.646. The van der Waals surface area contributed by atoms with E-state index in [0.29, 0.717) is 50.6 Å². The van der Waals surface area contributed by atoms with Crippen LogP contribution in [-0.2, 0) is 23.8 Å². The first-order valence-corrected chi connectivity index (χ1v) is 9.31. The van der Waals surface area contributed by atoms with Crippen LogP contribution in [-0.4, -0.2) is 105 Å². The minimum atomic E-state index is -0.295. The lowest BCUT2D eigenvalue weighted by atomic mass is 10.1. The summed E-state index contributed by atoms with van der Waals surface area (Å²) in [4.78, 5) is 30.5. The van der Waals surface area contributed by atoms with Gasteiger partial charge in [-0.15, -0.1) is 0 Å². The largest absolute Gasteiger partial charge is 0.493 e. The van der Waals surface area contributed by atoms with E-state index in [-0.39, 0.29) is 18.0 Å². The number of ether oxygens (including phenoxy) is 3. The van der Waals surface area contributed by atoms with Gasteiger partial charge in [0.1, 0.15) is 11.9 Å². The molecule has 0 aromatic carbocycles. The molecule has 26 heavy (non-hydrogen) atoms. The highest BCUT2D eigenvalue weighted by atomic mass is 16.5. The molecular weight excluding hydrogens is 338 g/mol. The van der Waals surface area contributed by atoms with Gasteiger partial charge in [-0.05, 0) is 6.92 Å². The van der Waals surface area contributed by atoms with Crippen molar-refractivity contribution in [2.24, 2.45) is 0 Å². The molecule has 3 aliphatic heterocycles. The molecule has 0 saturated carbocycles. The van der Waals surface area contributed by atoms with E-state index in [4.69, 9.17) is 14.2 Å². The number of esters is 1. The summed E-state index contributed by atoms with van der Waals surface area (Å²) >= 11 is 0. The Morgan fingerprint density at radius 2 is 1.73 bits per heavy atom. The summed E-state index contributed by atoms with van der Waals surface area (Å²) in [7, 11) is 1.40. The molecule has 0 aromatic heterocycles. The van der Waals surface area contributed by atoms with Gasteiger partial charge in [0, 0.05) is 52.2 Å². The number of morpholine rings is 1. The zero-order chi connectivity index (χ0) is 18.5. The standard InChI is InChI=1S/C18H29N3O5/c1-14-16(18(23)24-2)11-15(26-14)12-19-3-5-20(6-4-19)13-17(22)21-7-9-25-10-8-21/h15H,3-13H2,1-2H3/t15-/m1/s1. The van der Waals surface area contributed by atoms with Crippen LogP contribution in [0.3, 0.4) is 0 Å². The smallest absolute Gasteiger partial charge is 0.337 e. The second kappa shape index (κ2) is 8.83. The molecule has 0 spiro atoms. The second-order valence-electron chi connectivity index (χ2n) is 7.04. The van der Waals surface area contributed by atoms with Gasteiger partial charge in [-0.2, -0.15) is 0 Å². The number of hydrogen-bond donors (Lipinski definition) is 0. The lowest BCUT2D eigenvalue weighted by molar-refractivity contribution is -0.137. The molecule has 3 heterocycles. The van der Waals surface area contributed by atoms with Crippen LogP contribution in [0.25, 0.3) is 0 Å². The average Bonchev–Trinajstić information content (AvgIpc) is 3.03. The summed E-state index contributed by atoms with van der Waals surface area (Å²) in [6.45, 7) is 9.35. The predicted octanol–water partition coefficient (Wildman–Crippen LogP) is -0.301. The van der Waals surface area contributed by atoms with Gasteiger partial charge in [-0.3, -0.25) is 14.6 Å². The zero-order valence-electron chi connectivity index (χ0n) is 15.7. The molecule has 0 unspecified atom stereocenters. The maximum Gasteiger partial charge on any atom is 0.337 e. The first-order chi connectivity index (χ1) is 12.6. The summed E-state index contributed by atoms with van der Waals surface area (Å²) in [5, 5.41) is 0. The number of carbonyl (C=O) groups excluding carboxylic acids is 2. The lowest BCUT2D eigenvalue weighted by Crippen LogP contribution is -2.52. The summed E-state index contributed by atoms with van der Waals surface area (Å²) < 4.78 is 15.9. The molecule has 1 atom stereocenters. The first kappa shape index (κ1) is 19.1. The summed E-state index contributed by atoms with van der Waals surface area (Å²) in [6, 6.07) is 0. The van der Waals surface area contributed by atoms with Crippen LogP contribution < -0.4 is 0 Å². The van der Waals surface area contributed by atoms with E-state index >= 15 is 0 Å². The van der Waals surface area contributed by atoms with Crippen LogP contribution in [0.1, 0.15) is 13.3 Å². The number of nitrogens with zero attached hydrogens (tertiary/aromatic N) is 3. The van der Waals surface area contributed by atoms with Crippen molar-refractivity contribution >= 4 is 11.9 Å². The number of rotatable bonds is 5. The maximum atomic E-state index is 12.3. The summed E-state index contributed by atoms with van der Waals surface area (Å²) in [6.07, 6.45) is 0.611. The van der Waals surface area contributed by atoms with Gasteiger partial charge < -0.3 is 19.1 Å².